The molecule has 6 nitrogen and oxygen atoms in total. The van der Waals surface area contributed by atoms with Gasteiger partial charge in [-0.05, 0) is 52.1 Å². The SMILES string of the molecule is Nc1ccc(C2C=COCC2)c(-c2nnn(C(c3ccccc3)(c3ccccc3)c3ccccc3)n2)c1. The molecular formula is C31H27N5O. The van der Waals surface area contributed by atoms with Gasteiger partial charge in [0.15, 0.2) is 5.54 Å². The van der Waals surface area contributed by atoms with Gasteiger partial charge in [-0.3, -0.25) is 0 Å². The molecule has 1 aliphatic heterocycles. The summed E-state index contributed by atoms with van der Waals surface area (Å²) in [7, 11) is 0. The highest BCUT2D eigenvalue weighted by molar-refractivity contribution is 5.66. The molecule has 2 N–H and O–H groups in total. The summed E-state index contributed by atoms with van der Waals surface area (Å²) >= 11 is 0. The molecule has 1 aliphatic rings. The lowest BCUT2D eigenvalue weighted by Crippen LogP contribution is -2.39. The molecular weight excluding hydrogens is 458 g/mol. The number of rotatable bonds is 6. The molecule has 0 aliphatic carbocycles. The van der Waals surface area contributed by atoms with E-state index in [1.165, 1.54) is 0 Å². The summed E-state index contributed by atoms with van der Waals surface area (Å²) in [5.74, 6) is 0.729. The Bertz CT molecular complexity index is 1420. The van der Waals surface area contributed by atoms with Gasteiger partial charge in [-0.1, -0.05) is 97.1 Å². The molecule has 4 aromatic carbocycles. The molecule has 6 rings (SSSR count). The molecule has 0 spiro atoms. The van der Waals surface area contributed by atoms with Crippen LogP contribution in [0.1, 0.15) is 34.6 Å². The largest absolute Gasteiger partial charge is 0.501 e. The normalized spacial score (nSPS) is 15.3. The van der Waals surface area contributed by atoms with Crippen LogP contribution in [0.5, 0.6) is 0 Å². The zero-order valence-corrected chi connectivity index (χ0v) is 20.3. The van der Waals surface area contributed by atoms with Crippen molar-refractivity contribution in [3.63, 3.8) is 0 Å². The van der Waals surface area contributed by atoms with Crippen LogP contribution in [-0.2, 0) is 10.3 Å². The molecule has 1 aromatic heterocycles. The van der Waals surface area contributed by atoms with Crippen LogP contribution in [0.4, 0.5) is 5.69 Å². The summed E-state index contributed by atoms with van der Waals surface area (Å²) in [6.45, 7) is 0.671. The Morgan fingerprint density at radius 1 is 0.784 bits per heavy atom. The van der Waals surface area contributed by atoms with E-state index in [9.17, 15) is 0 Å². The molecule has 0 bridgehead atoms. The Hall–Kier alpha value is -4.71. The molecule has 2 heterocycles. The lowest BCUT2D eigenvalue weighted by atomic mass is 9.77. The first-order chi connectivity index (χ1) is 18.3. The monoisotopic (exact) mass is 485 g/mol. The van der Waals surface area contributed by atoms with Crippen molar-refractivity contribution >= 4 is 5.69 Å². The third-order valence-corrected chi connectivity index (χ3v) is 6.96. The van der Waals surface area contributed by atoms with E-state index in [2.05, 4.69) is 58.9 Å². The van der Waals surface area contributed by atoms with Gasteiger partial charge in [0.2, 0.25) is 5.82 Å². The van der Waals surface area contributed by atoms with Crippen molar-refractivity contribution in [1.29, 1.82) is 0 Å². The van der Waals surface area contributed by atoms with Crippen LogP contribution in [0.25, 0.3) is 11.4 Å². The van der Waals surface area contributed by atoms with Gasteiger partial charge in [0, 0.05) is 17.2 Å². The van der Waals surface area contributed by atoms with Crippen molar-refractivity contribution in [2.45, 2.75) is 17.9 Å². The first-order valence-electron chi connectivity index (χ1n) is 12.4. The summed E-state index contributed by atoms with van der Waals surface area (Å²) in [4.78, 5) is 1.75. The Kier molecular flexibility index (Phi) is 5.98. The van der Waals surface area contributed by atoms with Crippen molar-refractivity contribution in [3.8, 4) is 11.4 Å². The average molecular weight is 486 g/mol. The van der Waals surface area contributed by atoms with Crippen LogP contribution >= 0.6 is 0 Å². The highest BCUT2D eigenvalue weighted by atomic mass is 16.5. The Labute approximate surface area is 216 Å². The predicted octanol–water partition coefficient (Wildman–Crippen LogP) is 5.78. The van der Waals surface area contributed by atoms with E-state index in [1.807, 2.05) is 66.7 Å². The maximum Gasteiger partial charge on any atom is 0.205 e. The second kappa shape index (κ2) is 9.74. The fourth-order valence-electron chi connectivity index (χ4n) is 5.21. The molecule has 0 saturated heterocycles. The summed E-state index contributed by atoms with van der Waals surface area (Å²) < 4.78 is 5.43. The van der Waals surface area contributed by atoms with Gasteiger partial charge in [-0.2, -0.15) is 0 Å². The predicted molar refractivity (Wildman–Crippen MR) is 145 cm³/mol. The van der Waals surface area contributed by atoms with Crippen molar-refractivity contribution in [3.05, 3.63) is 144 Å². The maximum absolute atomic E-state index is 6.23. The van der Waals surface area contributed by atoms with E-state index < -0.39 is 5.54 Å². The second-order valence-corrected chi connectivity index (χ2v) is 9.15. The van der Waals surface area contributed by atoms with Gasteiger partial charge < -0.3 is 10.5 Å². The number of nitrogens with zero attached hydrogens (tertiary/aromatic N) is 4. The summed E-state index contributed by atoms with van der Waals surface area (Å²) in [5.41, 5.74) is 11.2. The van der Waals surface area contributed by atoms with Crippen molar-refractivity contribution < 1.29 is 4.74 Å². The van der Waals surface area contributed by atoms with E-state index >= 15 is 0 Å². The van der Waals surface area contributed by atoms with Crippen LogP contribution in [-0.4, -0.2) is 26.8 Å². The van der Waals surface area contributed by atoms with Gasteiger partial charge in [-0.25, -0.2) is 0 Å². The lowest BCUT2D eigenvalue weighted by molar-refractivity contribution is 0.223. The standard InChI is InChI=1S/C31H27N5O/c32-27-16-17-28(23-18-20-37-21-19-23)29(22-27)30-33-35-36(34-30)31(24-10-4-1-5-11-24,25-12-6-2-7-13-25)26-14-8-3-9-15-26/h1-18,20,22-23H,19,21,32H2. The smallest absolute Gasteiger partial charge is 0.205 e. The number of ether oxygens (including phenoxy) is 1. The second-order valence-electron chi connectivity index (χ2n) is 9.15. The number of hydrogen-bond donors (Lipinski definition) is 1. The van der Waals surface area contributed by atoms with Crippen LogP contribution < -0.4 is 5.73 Å². The average Bonchev–Trinajstić information content (AvgIpc) is 3.46. The molecule has 1 unspecified atom stereocenters. The first kappa shape index (κ1) is 22.7. The van der Waals surface area contributed by atoms with Gasteiger partial charge in [0.05, 0.1) is 12.9 Å². The summed E-state index contributed by atoms with van der Waals surface area (Å²) in [6.07, 6.45) is 4.72. The first-order valence-corrected chi connectivity index (χ1v) is 12.4. The quantitative estimate of drug-likeness (QED) is 0.244. The number of allylic oxidation sites excluding steroid dienone is 1. The molecule has 1 atom stereocenters. The van der Waals surface area contributed by atoms with Crippen molar-refractivity contribution in [2.24, 2.45) is 0 Å². The minimum Gasteiger partial charge on any atom is -0.501 e. The number of tetrazole rings is 1. The fraction of sp³-hybridized carbons (Fsp3) is 0.129. The molecule has 5 aromatic rings. The topological polar surface area (TPSA) is 78.9 Å². The molecule has 0 radical (unpaired) electrons. The third-order valence-electron chi connectivity index (χ3n) is 6.96. The minimum atomic E-state index is -0.825. The zero-order valence-electron chi connectivity index (χ0n) is 20.3. The zero-order chi connectivity index (χ0) is 25.1. The number of benzene rings is 4. The number of aromatic nitrogens is 4. The van der Waals surface area contributed by atoms with E-state index in [0.29, 0.717) is 18.1 Å². The Morgan fingerprint density at radius 3 is 1.92 bits per heavy atom. The summed E-state index contributed by atoms with van der Waals surface area (Å²) in [5, 5.41) is 14.4. The number of nitrogen functional groups attached to an aromatic ring is 1. The van der Waals surface area contributed by atoms with E-state index in [4.69, 9.17) is 15.6 Å². The Morgan fingerprint density at radius 2 is 1.38 bits per heavy atom. The molecule has 6 heteroatoms. The van der Waals surface area contributed by atoms with E-state index in [1.54, 1.807) is 11.1 Å². The molecule has 182 valence electrons. The Balaban J connectivity index is 1.59. The van der Waals surface area contributed by atoms with E-state index in [0.717, 1.165) is 34.2 Å². The van der Waals surface area contributed by atoms with Crippen molar-refractivity contribution in [2.75, 3.05) is 12.3 Å². The van der Waals surface area contributed by atoms with Gasteiger partial charge in [0.25, 0.3) is 0 Å². The molecule has 0 amide bonds. The van der Waals surface area contributed by atoms with Gasteiger partial charge >= 0.3 is 0 Å². The van der Waals surface area contributed by atoms with Crippen molar-refractivity contribution in [1.82, 2.24) is 20.2 Å². The van der Waals surface area contributed by atoms with Crippen LogP contribution in [0.3, 0.4) is 0 Å². The molecule has 37 heavy (non-hydrogen) atoms. The van der Waals surface area contributed by atoms with E-state index in [-0.39, 0.29) is 5.92 Å². The number of nitrogens with two attached hydrogens (primary N) is 1. The van der Waals surface area contributed by atoms with Crippen LogP contribution in [0.15, 0.2) is 122 Å². The molecule has 0 saturated carbocycles. The summed E-state index contributed by atoms with van der Waals surface area (Å²) in [6, 6.07) is 36.9. The maximum atomic E-state index is 6.23. The van der Waals surface area contributed by atoms with Crippen LogP contribution in [0.2, 0.25) is 0 Å². The fourth-order valence-corrected chi connectivity index (χ4v) is 5.21. The number of hydrogen-bond acceptors (Lipinski definition) is 5. The highest BCUT2D eigenvalue weighted by Gasteiger charge is 2.41. The lowest BCUT2D eigenvalue weighted by Gasteiger charge is -2.34. The molecule has 0 fully saturated rings. The van der Waals surface area contributed by atoms with Gasteiger partial charge in [0.1, 0.15) is 0 Å². The minimum absolute atomic E-state index is 0.193. The number of anilines is 1. The third kappa shape index (κ3) is 4.06. The van der Waals surface area contributed by atoms with Crippen LogP contribution in [0, 0.1) is 0 Å². The van der Waals surface area contributed by atoms with Gasteiger partial charge in [-0.15, -0.1) is 15.0 Å². The highest BCUT2D eigenvalue weighted by Crippen LogP contribution is 2.40.